The molecule has 138 valence electrons. The minimum atomic E-state index is -1.35. The lowest BCUT2D eigenvalue weighted by Crippen LogP contribution is -2.57. The molecule has 8 heteroatoms. The van der Waals surface area contributed by atoms with Crippen molar-refractivity contribution >= 4 is 18.9 Å². The number of nitrogens with two attached hydrogens (primary N) is 1. The minimum Gasteiger partial charge on any atom is -0.480 e. The maximum Gasteiger partial charge on any atom is 0.451 e. The van der Waals surface area contributed by atoms with Gasteiger partial charge in [0.1, 0.15) is 11.4 Å². The summed E-state index contributed by atoms with van der Waals surface area (Å²) in [5.41, 5.74) is 6.13. The number of hydrogen-bond donors (Lipinski definition) is 4. The van der Waals surface area contributed by atoms with Crippen LogP contribution in [-0.2, 0) is 4.79 Å². The van der Waals surface area contributed by atoms with Crippen molar-refractivity contribution in [1.29, 1.82) is 0 Å². The molecular weight excluding hydrogens is 321 g/mol. The largest absolute Gasteiger partial charge is 0.480 e. The summed E-state index contributed by atoms with van der Waals surface area (Å²) in [7, 11) is -1.35. The molecule has 0 bridgehead atoms. The highest BCUT2D eigenvalue weighted by molar-refractivity contribution is 6.40. The number of anilines is 1. The van der Waals surface area contributed by atoms with Crippen LogP contribution in [0.3, 0.4) is 0 Å². The van der Waals surface area contributed by atoms with Gasteiger partial charge in [0, 0.05) is 19.3 Å². The molecule has 0 radical (unpaired) electrons. The Kier molecular flexibility index (Phi) is 6.81. The summed E-state index contributed by atoms with van der Waals surface area (Å²) in [5, 5.41) is 27.4. The first-order valence-corrected chi connectivity index (χ1v) is 8.89. The smallest absolute Gasteiger partial charge is 0.451 e. The number of aromatic nitrogens is 1. The fourth-order valence-corrected chi connectivity index (χ4v) is 3.50. The fourth-order valence-electron chi connectivity index (χ4n) is 3.50. The number of piperidine rings is 1. The second-order valence-corrected chi connectivity index (χ2v) is 7.03. The van der Waals surface area contributed by atoms with Crippen molar-refractivity contribution in [3.05, 3.63) is 23.9 Å². The summed E-state index contributed by atoms with van der Waals surface area (Å²) in [6.45, 7) is 3.47. The lowest BCUT2D eigenvalue weighted by Gasteiger charge is -2.40. The van der Waals surface area contributed by atoms with Crippen LogP contribution in [0.25, 0.3) is 0 Å². The molecule has 2 heterocycles. The number of aliphatic carboxylic acids is 1. The Bertz CT molecular complexity index is 562. The van der Waals surface area contributed by atoms with Gasteiger partial charge >= 0.3 is 13.1 Å². The summed E-state index contributed by atoms with van der Waals surface area (Å²) in [6.07, 6.45) is 4.97. The lowest BCUT2D eigenvalue weighted by molar-refractivity contribution is -0.146. The second kappa shape index (κ2) is 8.64. The van der Waals surface area contributed by atoms with E-state index in [1.165, 1.54) is 0 Å². The molecule has 0 amide bonds. The first-order valence-electron chi connectivity index (χ1n) is 8.89. The van der Waals surface area contributed by atoms with E-state index in [9.17, 15) is 9.90 Å². The van der Waals surface area contributed by atoms with Gasteiger partial charge in [0.15, 0.2) is 0 Å². The zero-order valence-corrected chi connectivity index (χ0v) is 14.8. The Morgan fingerprint density at radius 3 is 2.56 bits per heavy atom. The van der Waals surface area contributed by atoms with Crippen molar-refractivity contribution in [2.45, 2.75) is 50.9 Å². The van der Waals surface area contributed by atoms with Gasteiger partial charge in [-0.2, -0.15) is 0 Å². The molecule has 0 aromatic carbocycles. The summed E-state index contributed by atoms with van der Waals surface area (Å²) in [5.74, 6) is -0.145. The van der Waals surface area contributed by atoms with Crippen LogP contribution in [0.1, 0.15) is 37.7 Å². The van der Waals surface area contributed by atoms with E-state index in [2.05, 4.69) is 9.88 Å². The monoisotopic (exact) mass is 349 g/mol. The number of carboxylic acids is 1. The Morgan fingerprint density at radius 1 is 1.36 bits per heavy atom. The summed E-state index contributed by atoms with van der Waals surface area (Å²) >= 11 is 0. The molecule has 1 fully saturated rings. The van der Waals surface area contributed by atoms with Gasteiger partial charge in [0.05, 0.1) is 0 Å². The molecule has 0 saturated carbocycles. The second-order valence-electron chi connectivity index (χ2n) is 7.03. The number of carbonyl (C=O) groups is 1. The zero-order valence-electron chi connectivity index (χ0n) is 14.8. The number of pyridine rings is 1. The van der Waals surface area contributed by atoms with Gasteiger partial charge in [-0.25, -0.2) is 4.98 Å². The summed E-state index contributed by atoms with van der Waals surface area (Å²) in [4.78, 5) is 18.4. The molecule has 1 saturated heterocycles. The number of unbranched alkanes of at least 4 members (excludes halogenated alkanes) is 1. The number of rotatable bonds is 8. The van der Waals surface area contributed by atoms with Gasteiger partial charge in [-0.05, 0) is 50.1 Å². The molecule has 7 nitrogen and oxygen atoms in total. The molecule has 0 aliphatic carbocycles. The molecule has 25 heavy (non-hydrogen) atoms. The van der Waals surface area contributed by atoms with E-state index in [1.807, 2.05) is 25.3 Å². The third kappa shape index (κ3) is 5.17. The fraction of sp³-hybridized carbons (Fsp3) is 0.647. The molecule has 1 unspecified atom stereocenters. The average molecular weight is 349 g/mol. The molecule has 0 spiro atoms. The van der Waals surface area contributed by atoms with Crippen LogP contribution < -0.4 is 10.6 Å². The van der Waals surface area contributed by atoms with E-state index in [0.717, 1.165) is 24.5 Å². The Labute approximate surface area is 149 Å². The molecule has 1 aromatic heterocycles. The van der Waals surface area contributed by atoms with Gasteiger partial charge in [0.2, 0.25) is 0 Å². The average Bonchev–Trinajstić information content (AvgIpc) is 2.59. The van der Waals surface area contributed by atoms with Crippen LogP contribution in [0, 0.1) is 12.8 Å². The Balaban J connectivity index is 1.92. The molecule has 1 atom stereocenters. The van der Waals surface area contributed by atoms with Gasteiger partial charge in [-0.3, -0.25) is 4.79 Å². The number of nitrogens with zero attached hydrogens (tertiary/aromatic N) is 2. The first-order chi connectivity index (χ1) is 11.8. The number of hydrogen-bond acceptors (Lipinski definition) is 6. The molecule has 1 aliphatic rings. The summed E-state index contributed by atoms with van der Waals surface area (Å²) in [6, 6.07) is 4.01. The van der Waals surface area contributed by atoms with Crippen molar-refractivity contribution < 1.29 is 19.9 Å². The SMILES string of the molecule is Cc1ccc(N2CCC(C(N)(CCCCB(O)O)C(=O)O)CC2)nc1. The van der Waals surface area contributed by atoms with Crippen LogP contribution in [0.4, 0.5) is 5.82 Å². The Hall–Kier alpha value is -1.64. The maximum atomic E-state index is 11.8. The third-order valence-electron chi connectivity index (χ3n) is 5.14. The van der Waals surface area contributed by atoms with Crippen LogP contribution in [-0.4, -0.2) is 51.9 Å². The molecule has 5 N–H and O–H groups in total. The quantitative estimate of drug-likeness (QED) is 0.409. The molecular formula is C17H28BN3O4. The van der Waals surface area contributed by atoms with Gasteiger partial charge in [-0.1, -0.05) is 18.9 Å². The summed E-state index contributed by atoms with van der Waals surface area (Å²) < 4.78 is 0. The molecule has 1 aromatic rings. The first kappa shape index (κ1) is 19.7. The van der Waals surface area contributed by atoms with Crippen LogP contribution in [0.5, 0.6) is 0 Å². The van der Waals surface area contributed by atoms with Crippen molar-refractivity contribution in [1.82, 2.24) is 4.98 Å². The predicted molar refractivity (Wildman–Crippen MR) is 97.3 cm³/mol. The minimum absolute atomic E-state index is 0.0919. The standard InChI is InChI=1S/C17H28BN3O4/c1-13-4-5-15(20-12-13)21-10-6-14(7-11-21)17(19,16(22)23)8-2-3-9-18(24)25/h4-5,12,14,24-25H,2-3,6-11,19H2,1H3,(H,22,23). The van der Waals surface area contributed by atoms with Gasteiger partial charge in [-0.15, -0.1) is 0 Å². The van der Waals surface area contributed by atoms with Crippen molar-refractivity contribution in [3.8, 4) is 0 Å². The number of carboxylic acid groups (broad SMARTS) is 1. The molecule has 1 aliphatic heterocycles. The van der Waals surface area contributed by atoms with Crippen LogP contribution in [0.2, 0.25) is 6.32 Å². The lowest BCUT2D eigenvalue weighted by atomic mass is 9.74. The van der Waals surface area contributed by atoms with E-state index in [0.29, 0.717) is 32.1 Å². The number of aryl methyl sites for hydroxylation is 1. The van der Waals surface area contributed by atoms with Crippen molar-refractivity contribution in [2.24, 2.45) is 11.7 Å². The van der Waals surface area contributed by atoms with E-state index >= 15 is 0 Å². The topological polar surface area (TPSA) is 120 Å². The Morgan fingerprint density at radius 2 is 2.04 bits per heavy atom. The van der Waals surface area contributed by atoms with Crippen LogP contribution >= 0.6 is 0 Å². The molecule has 2 rings (SSSR count). The van der Waals surface area contributed by atoms with E-state index in [1.54, 1.807) is 0 Å². The highest BCUT2D eigenvalue weighted by Crippen LogP contribution is 2.32. The third-order valence-corrected chi connectivity index (χ3v) is 5.14. The highest BCUT2D eigenvalue weighted by atomic mass is 16.4. The van der Waals surface area contributed by atoms with Gasteiger partial charge in [0.25, 0.3) is 0 Å². The van der Waals surface area contributed by atoms with Crippen molar-refractivity contribution in [2.75, 3.05) is 18.0 Å². The van der Waals surface area contributed by atoms with Crippen molar-refractivity contribution in [3.63, 3.8) is 0 Å². The van der Waals surface area contributed by atoms with E-state index in [4.69, 9.17) is 15.8 Å². The predicted octanol–water partition coefficient (Wildman–Crippen LogP) is 1.03. The van der Waals surface area contributed by atoms with E-state index in [-0.39, 0.29) is 12.2 Å². The van der Waals surface area contributed by atoms with Crippen LogP contribution in [0.15, 0.2) is 18.3 Å². The maximum absolute atomic E-state index is 11.8. The van der Waals surface area contributed by atoms with E-state index < -0.39 is 18.6 Å². The zero-order chi connectivity index (χ0) is 18.4. The normalized spacial score (nSPS) is 18.0. The van der Waals surface area contributed by atoms with Gasteiger partial charge < -0.3 is 25.8 Å². The highest BCUT2D eigenvalue weighted by Gasteiger charge is 2.43.